The number of pyridine rings is 2. The molecule has 42 heavy (non-hydrogen) atoms. The molecular weight excluding hydrogens is 527 g/mol. The molecule has 1 saturated heterocycles. The van der Waals surface area contributed by atoms with Crippen LogP contribution >= 0.6 is 0 Å². The van der Waals surface area contributed by atoms with E-state index in [1.54, 1.807) is 18.3 Å². The number of likely N-dealkylation sites (tertiary alicyclic amines) is 1. The van der Waals surface area contributed by atoms with Crippen LogP contribution in [0.15, 0.2) is 89.7 Å². The maximum atomic E-state index is 13.9. The van der Waals surface area contributed by atoms with Crippen LogP contribution in [0.4, 0.5) is 10.1 Å². The molecule has 6 nitrogen and oxygen atoms in total. The second kappa shape index (κ2) is 13.0. The number of nitrogens with zero attached hydrogens (tertiary/aromatic N) is 3. The third-order valence-corrected chi connectivity index (χ3v) is 8.71. The molecule has 0 bridgehead atoms. The average Bonchev–Trinajstić information content (AvgIpc) is 3.44. The Labute approximate surface area is 247 Å². The first-order chi connectivity index (χ1) is 20.6. The first-order valence-electron chi connectivity index (χ1n) is 15.3. The lowest BCUT2D eigenvalue weighted by molar-refractivity contribution is -0.112. The van der Waals surface area contributed by atoms with Crippen LogP contribution in [0.25, 0.3) is 5.57 Å². The van der Waals surface area contributed by atoms with E-state index < -0.39 is 0 Å². The third kappa shape index (κ3) is 6.62. The van der Waals surface area contributed by atoms with Crippen molar-refractivity contribution in [3.05, 3.63) is 101 Å². The smallest absolute Gasteiger partial charge is 0.255 e. The number of nitrogens with one attached hydrogen (secondary N) is 1. The molecule has 1 fully saturated rings. The van der Waals surface area contributed by atoms with Crippen LogP contribution < -0.4 is 10.1 Å². The number of aromatic nitrogens is 2. The van der Waals surface area contributed by atoms with Gasteiger partial charge in [-0.1, -0.05) is 24.6 Å². The normalized spacial score (nSPS) is 22.6. The number of carbonyl (C=O) groups excluding carboxylic acids is 1. The van der Waals surface area contributed by atoms with E-state index in [4.69, 9.17) is 4.74 Å². The van der Waals surface area contributed by atoms with Gasteiger partial charge in [0.05, 0.1) is 11.9 Å². The number of rotatable bonds is 8. The number of amides is 1. The second-order valence-electron chi connectivity index (χ2n) is 11.7. The van der Waals surface area contributed by atoms with Gasteiger partial charge in [0.1, 0.15) is 11.9 Å². The summed E-state index contributed by atoms with van der Waals surface area (Å²) in [7, 11) is 0. The number of anilines is 1. The Morgan fingerprint density at radius 2 is 2.00 bits per heavy atom. The second-order valence-corrected chi connectivity index (χ2v) is 11.7. The fraction of sp³-hybridized carbons (Fsp3) is 0.400. The molecule has 218 valence electrons. The minimum atomic E-state index is -0.255. The van der Waals surface area contributed by atoms with E-state index >= 15 is 0 Å². The van der Waals surface area contributed by atoms with E-state index in [1.165, 1.54) is 36.1 Å². The van der Waals surface area contributed by atoms with Crippen molar-refractivity contribution in [1.29, 1.82) is 0 Å². The largest absolute Gasteiger partial charge is 0.470 e. The van der Waals surface area contributed by atoms with Gasteiger partial charge in [0.15, 0.2) is 0 Å². The number of hydrogen-bond acceptors (Lipinski definition) is 5. The van der Waals surface area contributed by atoms with E-state index in [0.29, 0.717) is 23.9 Å². The summed E-state index contributed by atoms with van der Waals surface area (Å²) in [6.45, 7) is 5.39. The lowest BCUT2D eigenvalue weighted by Crippen LogP contribution is -2.21. The van der Waals surface area contributed by atoms with Crippen LogP contribution in [0, 0.1) is 5.92 Å². The van der Waals surface area contributed by atoms with Crippen LogP contribution in [-0.2, 0) is 11.3 Å². The van der Waals surface area contributed by atoms with Crippen molar-refractivity contribution in [3.63, 3.8) is 0 Å². The van der Waals surface area contributed by atoms with Gasteiger partial charge < -0.3 is 10.1 Å². The fourth-order valence-corrected chi connectivity index (χ4v) is 6.49. The van der Waals surface area contributed by atoms with Gasteiger partial charge in [0.25, 0.3) is 5.91 Å². The SMILES string of the molecule is CCC1=C(C(=O)Nc2ccc(OC3C=CC(F)=CC3)nc2)C2=CC(c3cncc(CN4CCCC4)c3)=CCC2CCC1. The molecule has 1 amide bonds. The molecule has 1 N–H and O–H groups in total. The lowest BCUT2D eigenvalue weighted by atomic mass is 9.80. The minimum absolute atomic E-state index is 0.0848. The van der Waals surface area contributed by atoms with Crippen molar-refractivity contribution in [3.8, 4) is 5.88 Å². The van der Waals surface area contributed by atoms with Crippen LogP contribution in [-0.4, -0.2) is 40.0 Å². The topological polar surface area (TPSA) is 67.3 Å². The van der Waals surface area contributed by atoms with Crippen molar-refractivity contribution in [2.75, 3.05) is 18.4 Å². The third-order valence-electron chi connectivity index (χ3n) is 8.71. The van der Waals surface area contributed by atoms with E-state index in [-0.39, 0.29) is 17.8 Å². The van der Waals surface area contributed by atoms with Gasteiger partial charge in [0, 0.05) is 42.6 Å². The standard InChI is InChI=1S/C35H39FN4O2/c1-2-25-6-5-7-26-8-9-27(28-18-24(20-37-21-28)23-40-16-3-4-17-40)19-32(26)34(25)35(41)39-30-12-15-33(38-22-30)42-31-13-10-29(36)11-14-31/h9-13,15,18-22,26,31H,2-8,14,16-17,23H2,1H3,(H,39,41). The van der Waals surface area contributed by atoms with Crippen molar-refractivity contribution >= 4 is 17.2 Å². The van der Waals surface area contributed by atoms with E-state index in [0.717, 1.165) is 74.0 Å². The van der Waals surface area contributed by atoms with Crippen molar-refractivity contribution in [1.82, 2.24) is 14.9 Å². The van der Waals surface area contributed by atoms with E-state index in [2.05, 4.69) is 45.3 Å². The molecule has 0 radical (unpaired) electrons. The Morgan fingerprint density at radius 1 is 1.12 bits per heavy atom. The zero-order valence-corrected chi connectivity index (χ0v) is 24.3. The predicted octanol–water partition coefficient (Wildman–Crippen LogP) is 7.49. The van der Waals surface area contributed by atoms with Gasteiger partial charge in [-0.2, -0.15) is 0 Å². The Bertz CT molecular complexity index is 1460. The van der Waals surface area contributed by atoms with Gasteiger partial charge in [-0.3, -0.25) is 14.7 Å². The predicted molar refractivity (Wildman–Crippen MR) is 164 cm³/mol. The molecule has 3 aliphatic carbocycles. The molecule has 3 heterocycles. The van der Waals surface area contributed by atoms with Crippen molar-refractivity contribution in [2.24, 2.45) is 5.92 Å². The summed E-state index contributed by atoms with van der Waals surface area (Å²) in [4.78, 5) is 25.4. The van der Waals surface area contributed by atoms with Crippen molar-refractivity contribution < 1.29 is 13.9 Å². The summed E-state index contributed by atoms with van der Waals surface area (Å²) in [6.07, 6.45) is 22.3. The summed E-state index contributed by atoms with van der Waals surface area (Å²) in [5.74, 6) is 0.432. The maximum absolute atomic E-state index is 13.9. The monoisotopic (exact) mass is 566 g/mol. The quantitative estimate of drug-likeness (QED) is 0.359. The molecule has 1 aliphatic heterocycles. The zero-order valence-electron chi connectivity index (χ0n) is 24.3. The zero-order chi connectivity index (χ0) is 28.9. The number of halogens is 1. The Morgan fingerprint density at radius 3 is 2.76 bits per heavy atom. The molecule has 0 aromatic carbocycles. The summed E-state index contributed by atoms with van der Waals surface area (Å²) in [5, 5.41) is 3.11. The molecule has 0 saturated carbocycles. The number of ether oxygens (including phenoxy) is 1. The maximum Gasteiger partial charge on any atom is 0.255 e. The molecule has 7 heteroatoms. The highest BCUT2D eigenvalue weighted by Crippen LogP contribution is 2.41. The molecule has 2 aromatic heterocycles. The first-order valence-corrected chi connectivity index (χ1v) is 15.3. The van der Waals surface area contributed by atoms with Gasteiger partial charge in [-0.25, -0.2) is 9.37 Å². The molecule has 6 rings (SSSR count). The molecule has 2 unspecified atom stereocenters. The Balaban J connectivity index is 1.21. The van der Waals surface area contributed by atoms with Gasteiger partial charge in [0.2, 0.25) is 5.88 Å². The average molecular weight is 567 g/mol. The van der Waals surface area contributed by atoms with Crippen LogP contribution in [0.5, 0.6) is 5.88 Å². The minimum Gasteiger partial charge on any atom is -0.470 e. The van der Waals surface area contributed by atoms with Gasteiger partial charge in [-0.15, -0.1) is 0 Å². The van der Waals surface area contributed by atoms with Crippen LogP contribution in [0.2, 0.25) is 0 Å². The number of fused-ring (bicyclic) bond motifs is 1. The summed E-state index contributed by atoms with van der Waals surface area (Å²) >= 11 is 0. The molecule has 0 spiro atoms. The van der Waals surface area contributed by atoms with Gasteiger partial charge >= 0.3 is 0 Å². The number of hydrogen-bond donors (Lipinski definition) is 1. The highest BCUT2D eigenvalue weighted by molar-refractivity contribution is 6.08. The molecule has 2 atom stereocenters. The van der Waals surface area contributed by atoms with E-state index in [9.17, 15) is 9.18 Å². The summed E-state index contributed by atoms with van der Waals surface area (Å²) < 4.78 is 19.1. The molecule has 2 aromatic rings. The van der Waals surface area contributed by atoms with Crippen molar-refractivity contribution in [2.45, 2.75) is 70.9 Å². The summed E-state index contributed by atoms with van der Waals surface area (Å²) in [5.41, 5.74) is 7.30. The lowest BCUT2D eigenvalue weighted by Gasteiger charge is -2.25. The number of carbonyl (C=O) groups is 1. The first kappa shape index (κ1) is 28.3. The highest BCUT2D eigenvalue weighted by atomic mass is 19.1. The highest BCUT2D eigenvalue weighted by Gasteiger charge is 2.30. The van der Waals surface area contributed by atoms with Gasteiger partial charge in [-0.05, 0) is 111 Å². The number of allylic oxidation sites excluding steroid dienone is 6. The Hall–Kier alpha value is -3.84. The fourth-order valence-electron chi connectivity index (χ4n) is 6.49. The van der Waals surface area contributed by atoms with Crippen LogP contribution in [0.3, 0.4) is 0 Å². The van der Waals surface area contributed by atoms with Crippen LogP contribution in [0.1, 0.15) is 69.4 Å². The Kier molecular flexibility index (Phi) is 8.75. The van der Waals surface area contributed by atoms with E-state index in [1.807, 2.05) is 18.5 Å². The molecule has 4 aliphatic rings. The molecular formula is C35H39FN4O2. The summed E-state index contributed by atoms with van der Waals surface area (Å²) in [6, 6.07) is 5.81.